The first-order valence-electron chi connectivity index (χ1n) is 8.82. The van der Waals surface area contributed by atoms with E-state index in [-0.39, 0.29) is 18.9 Å². The van der Waals surface area contributed by atoms with Crippen LogP contribution >= 0.6 is 23.1 Å². The first-order chi connectivity index (χ1) is 13.6. The molecular formula is C21H18N2O3S2. The summed E-state index contributed by atoms with van der Waals surface area (Å²) in [4.78, 5) is 29.9. The van der Waals surface area contributed by atoms with E-state index < -0.39 is 11.2 Å². The number of benzene rings is 2. The fraction of sp³-hybridized carbons (Fsp3) is 0.190. The summed E-state index contributed by atoms with van der Waals surface area (Å²) >= 11 is 2.91. The minimum absolute atomic E-state index is 0.0276. The Morgan fingerprint density at radius 1 is 1.18 bits per heavy atom. The summed E-state index contributed by atoms with van der Waals surface area (Å²) < 4.78 is 5.35. The zero-order chi connectivity index (χ0) is 19.5. The van der Waals surface area contributed by atoms with Gasteiger partial charge in [-0.3, -0.25) is 9.59 Å². The molecule has 5 nitrogen and oxygen atoms in total. The number of carbonyl (C=O) groups excluding carboxylic acids is 2. The number of para-hydroxylation sites is 1. The molecule has 0 unspecified atom stereocenters. The zero-order valence-corrected chi connectivity index (χ0v) is 16.8. The van der Waals surface area contributed by atoms with Gasteiger partial charge in [-0.2, -0.15) is 0 Å². The van der Waals surface area contributed by atoms with Crippen LogP contribution in [0.2, 0.25) is 0 Å². The van der Waals surface area contributed by atoms with Crippen LogP contribution in [0.4, 0.5) is 5.69 Å². The number of anilines is 1. The summed E-state index contributed by atoms with van der Waals surface area (Å²) in [5, 5.41) is 5.13. The van der Waals surface area contributed by atoms with Crippen molar-refractivity contribution in [3.8, 4) is 10.6 Å². The van der Waals surface area contributed by atoms with E-state index in [2.05, 4.69) is 10.3 Å². The third-order valence-corrected chi connectivity index (χ3v) is 6.51. The number of nitrogens with one attached hydrogen (secondary N) is 1. The molecule has 142 valence electrons. The normalized spacial score (nSPS) is 15.6. The molecule has 3 aromatic rings. The van der Waals surface area contributed by atoms with Gasteiger partial charge in [0.15, 0.2) is 0 Å². The van der Waals surface area contributed by atoms with Crippen molar-refractivity contribution in [2.75, 3.05) is 5.32 Å². The lowest BCUT2D eigenvalue weighted by Crippen LogP contribution is -2.31. The topological polar surface area (TPSA) is 68.3 Å². The van der Waals surface area contributed by atoms with Crippen LogP contribution in [-0.4, -0.2) is 22.1 Å². The quantitative estimate of drug-likeness (QED) is 0.620. The number of rotatable bonds is 5. The highest BCUT2D eigenvalue weighted by Gasteiger charge is 2.29. The molecule has 0 fully saturated rings. The predicted octanol–water partition coefficient (Wildman–Crippen LogP) is 4.66. The smallest absolute Gasteiger partial charge is 0.307 e. The minimum Gasteiger partial charge on any atom is -0.459 e. The van der Waals surface area contributed by atoms with Gasteiger partial charge in [-0.25, -0.2) is 4.98 Å². The zero-order valence-electron chi connectivity index (χ0n) is 15.2. The second-order valence-electron chi connectivity index (χ2n) is 6.47. The Bertz CT molecular complexity index is 1010. The Kier molecular flexibility index (Phi) is 5.45. The summed E-state index contributed by atoms with van der Waals surface area (Å²) in [5.41, 5.74) is 3.73. The number of aryl methyl sites for hydroxylation is 1. The number of thiazole rings is 1. The van der Waals surface area contributed by atoms with E-state index in [4.69, 9.17) is 4.74 Å². The summed E-state index contributed by atoms with van der Waals surface area (Å²) in [7, 11) is 0. The maximum absolute atomic E-state index is 12.2. The van der Waals surface area contributed by atoms with E-state index in [1.54, 1.807) is 0 Å². The van der Waals surface area contributed by atoms with Crippen molar-refractivity contribution in [1.29, 1.82) is 0 Å². The maximum Gasteiger partial charge on any atom is 0.307 e. The number of thioether (sulfide) groups is 1. The lowest BCUT2D eigenvalue weighted by Gasteiger charge is -2.23. The Morgan fingerprint density at radius 3 is 2.79 bits per heavy atom. The lowest BCUT2D eigenvalue weighted by atomic mass is 10.2. The van der Waals surface area contributed by atoms with Crippen molar-refractivity contribution in [3.63, 3.8) is 0 Å². The van der Waals surface area contributed by atoms with Crippen LogP contribution in [0.1, 0.15) is 17.7 Å². The highest BCUT2D eigenvalue weighted by Crippen LogP contribution is 2.36. The number of esters is 1. The monoisotopic (exact) mass is 410 g/mol. The van der Waals surface area contributed by atoms with Crippen LogP contribution in [-0.2, 0) is 20.9 Å². The largest absolute Gasteiger partial charge is 0.459 e. The lowest BCUT2D eigenvalue weighted by molar-refractivity contribution is -0.145. The molecule has 1 amide bonds. The number of hydrogen-bond acceptors (Lipinski definition) is 6. The van der Waals surface area contributed by atoms with E-state index in [1.165, 1.54) is 28.7 Å². The molecule has 0 radical (unpaired) electrons. The first kappa shape index (κ1) is 18.7. The standard InChI is InChI=1S/C21H18N2O3S2/c1-13-6-8-14(9-7-13)21-22-15(12-27-21)11-26-19(24)10-18-20(25)23-16-4-2-3-5-17(16)28-18/h2-9,12,18H,10-11H2,1H3,(H,23,25)/t18-/m0/s1. The number of nitrogens with zero attached hydrogens (tertiary/aromatic N) is 1. The van der Waals surface area contributed by atoms with Crippen LogP contribution in [0.15, 0.2) is 58.8 Å². The van der Waals surface area contributed by atoms with Crippen molar-refractivity contribution in [2.45, 2.75) is 30.1 Å². The van der Waals surface area contributed by atoms with Crippen LogP contribution < -0.4 is 5.32 Å². The Labute approximate surface area is 171 Å². The molecule has 2 heterocycles. The Hall–Kier alpha value is -2.64. The van der Waals surface area contributed by atoms with Gasteiger partial charge in [-0.15, -0.1) is 23.1 Å². The molecule has 1 atom stereocenters. The van der Waals surface area contributed by atoms with Crippen molar-refractivity contribution in [2.24, 2.45) is 0 Å². The third-order valence-electron chi connectivity index (χ3n) is 4.29. The van der Waals surface area contributed by atoms with Gasteiger partial charge >= 0.3 is 5.97 Å². The third kappa shape index (κ3) is 4.26. The summed E-state index contributed by atoms with van der Waals surface area (Å²) in [6.07, 6.45) is 0.0276. The molecule has 0 bridgehead atoms. The van der Waals surface area contributed by atoms with Crippen LogP contribution in [0, 0.1) is 6.92 Å². The molecule has 1 aromatic heterocycles. The minimum atomic E-state index is -0.485. The fourth-order valence-electron chi connectivity index (χ4n) is 2.79. The number of ether oxygens (including phenoxy) is 1. The molecular weight excluding hydrogens is 392 g/mol. The fourth-order valence-corrected chi connectivity index (χ4v) is 4.70. The highest BCUT2D eigenvalue weighted by molar-refractivity contribution is 8.01. The Balaban J connectivity index is 1.33. The van der Waals surface area contributed by atoms with Gasteiger partial charge < -0.3 is 10.1 Å². The van der Waals surface area contributed by atoms with Gasteiger partial charge in [0.2, 0.25) is 5.91 Å². The van der Waals surface area contributed by atoms with Gasteiger partial charge in [0.05, 0.1) is 23.1 Å². The van der Waals surface area contributed by atoms with E-state index in [1.807, 2.05) is 60.8 Å². The first-order valence-corrected chi connectivity index (χ1v) is 10.6. The number of fused-ring (bicyclic) bond motifs is 1. The molecule has 0 spiro atoms. The van der Waals surface area contributed by atoms with Crippen LogP contribution in [0.3, 0.4) is 0 Å². The number of carbonyl (C=O) groups is 2. The van der Waals surface area contributed by atoms with Gasteiger partial charge in [0.25, 0.3) is 0 Å². The van der Waals surface area contributed by atoms with Crippen molar-refractivity contribution >= 4 is 40.7 Å². The number of hydrogen-bond donors (Lipinski definition) is 1. The molecule has 7 heteroatoms. The average molecular weight is 411 g/mol. The second kappa shape index (κ2) is 8.16. The summed E-state index contributed by atoms with van der Waals surface area (Å²) in [6.45, 7) is 2.15. The van der Waals surface area contributed by atoms with Gasteiger partial charge in [-0.1, -0.05) is 42.0 Å². The van der Waals surface area contributed by atoms with Crippen LogP contribution in [0.25, 0.3) is 10.6 Å². The molecule has 4 rings (SSSR count). The van der Waals surface area contributed by atoms with E-state index >= 15 is 0 Å². The Morgan fingerprint density at radius 2 is 1.96 bits per heavy atom. The van der Waals surface area contributed by atoms with Gasteiger partial charge in [-0.05, 0) is 19.1 Å². The molecule has 1 aliphatic rings. The van der Waals surface area contributed by atoms with E-state index in [0.29, 0.717) is 5.69 Å². The second-order valence-corrected chi connectivity index (χ2v) is 8.57. The number of amides is 1. The average Bonchev–Trinajstić information content (AvgIpc) is 3.16. The predicted molar refractivity (Wildman–Crippen MR) is 111 cm³/mol. The molecule has 1 N–H and O–H groups in total. The van der Waals surface area contributed by atoms with E-state index in [0.717, 1.165) is 21.2 Å². The molecule has 28 heavy (non-hydrogen) atoms. The maximum atomic E-state index is 12.2. The summed E-state index contributed by atoms with van der Waals surface area (Å²) in [6, 6.07) is 15.7. The van der Waals surface area contributed by atoms with Crippen LogP contribution in [0.5, 0.6) is 0 Å². The molecule has 1 aliphatic heterocycles. The van der Waals surface area contributed by atoms with Crippen molar-refractivity contribution < 1.29 is 14.3 Å². The molecule has 0 saturated heterocycles. The van der Waals surface area contributed by atoms with E-state index in [9.17, 15) is 9.59 Å². The molecule has 2 aromatic carbocycles. The molecule has 0 saturated carbocycles. The van der Waals surface area contributed by atoms with Crippen molar-refractivity contribution in [1.82, 2.24) is 4.98 Å². The van der Waals surface area contributed by atoms with Gasteiger partial charge in [0.1, 0.15) is 11.6 Å². The highest BCUT2D eigenvalue weighted by atomic mass is 32.2. The van der Waals surface area contributed by atoms with Gasteiger partial charge in [0, 0.05) is 15.8 Å². The molecule has 0 aliphatic carbocycles. The number of aromatic nitrogens is 1. The SMILES string of the molecule is Cc1ccc(-c2nc(COC(=O)C[C@@H]3Sc4ccccc4NC3=O)cs2)cc1. The summed E-state index contributed by atoms with van der Waals surface area (Å²) in [5.74, 6) is -0.576. The van der Waals surface area contributed by atoms with Crippen molar-refractivity contribution in [3.05, 3.63) is 65.2 Å².